The molecule has 0 saturated carbocycles. The van der Waals surface area contributed by atoms with E-state index in [1.54, 1.807) is 30.2 Å². The van der Waals surface area contributed by atoms with Crippen LogP contribution < -0.4 is 15.5 Å². The standard InChI is InChI=1S/C26H29F3N6O2/c1-15(32-18-11-20(27)24(29)21(28)12-18)19-9-16(26(36)35-4-3-17(14-35)30-2)10-22-25(19)33-23(13-31-22)34-5-7-37-8-6-34/h9-13,15,17,30,32H,3-8,14H2,1-2H3. The molecule has 11 heteroatoms. The second kappa shape index (κ2) is 10.5. The molecule has 2 N–H and O–H groups in total. The van der Waals surface area contributed by atoms with E-state index in [0.717, 1.165) is 18.6 Å². The summed E-state index contributed by atoms with van der Waals surface area (Å²) in [6.07, 6.45) is 2.55. The molecule has 5 rings (SSSR count). The van der Waals surface area contributed by atoms with Gasteiger partial charge in [0.2, 0.25) is 0 Å². The first kappa shape index (κ1) is 25.2. The molecule has 196 valence electrons. The zero-order chi connectivity index (χ0) is 26.1. The van der Waals surface area contributed by atoms with Crippen LogP contribution in [0.5, 0.6) is 0 Å². The summed E-state index contributed by atoms with van der Waals surface area (Å²) in [5.41, 5.74) is 2.27. The Balaban J connectivity index is 1.54. The van der Waals surface area contributed by atoms with Gasteiger partial charge in [-0.05, 0) is 32.5 Å². The monoisotopic (exact) mass is 514 g/mol. The molecule has 3 heterocycles. The third-order valence-electron chi connectivity index (χ3n) is 6.96. The van der Waals surface area contributed by atoms with Crippen LogP contribution in [-0.2, 0) is 4.74 Å². The van der Waals surface area contributed by atoms with Gasteiger partial charge in [-0.1, -0.05) is 0 Å². The molecule has 2 fully saturated rings. The Bertz CT molecular complexity index is 1290. The van der Waals surface area contributed by atoms with Crippen LogP contribution in [0.25, 0.3) is 11.0 Å². The molecular formula is C26H29F3N6O2. The molecule has 8 nitrogen and oxygen atoms in total. The largest absolute Gasteiger partial charge is 0.378 e. The number of likely N-dealkylation sites (tertiary alicyclic amines) is 1. The summed E-state index contributed by atoms with van der Waals surface area (Å²) in [6.45, 7) is 5.56. The Kier molecular flexibility index (Phi) is 7.16. The average Bonchev–Trinajstić information content (AvgIpc) is 3.40. The summed E-state index contributed by atoms with van der Waals surface area (Å²) in [5.74, 6) is -3.54. The van der Waals surface area contributed by atoms with E-state index in [1.165, 1.54) is 0 Å². The number of rotatable bonds is 6. The first-order valence-corrected chi connectivity index (χ1v) is 12.3. The number of carbonyl (C=O) groups is 1. The third-order valence-corrected chi connectivity index (χ3v) is 6.96. The van der Waals surface area contributed by atoms with E-state index in [9.17, 15) is 18.0 Å². The molecule has 0 aliphatic carbocycles. The van der Waals surface area contributed by atoms with Crippen LogP contribution in [0, 0.1) is 17.5 Å². The van der Waals surface area contributed by atoms with Gasteiger partial charge in [0, 0.05) is 61.2 Å². The lowest BCUT2D eigenvalue weighted by molar-refractivity contribution is 0.0789. The van der Waals surface area contributed by atoms with Crippen LogP contribution in [0.3, 0.4) is 0 Å². The molecule has 0 bridgehead atoms. The first-order valence-electron chi connectivity index (χ1n) is 12.3. The van der Waals surface area contributed by atoms with Gasteiger partial charge in [0.25, 0.3) is 5.91 Å². The normalized spacial score (nSPS) is 18.9. The van der Waals surface area contributed by atoms with E-state index in [0.29, 0.717) is 67.4 Å². The van der Waals surface area contributed by atoms with E-state index in [-0.39, 0.29) is 17.6 Å². The number of amides is 1. The highest BCUT2D eigenvalue weighted by atomic mass is 19.2. The first-order chi connectivity index (χ1) is 17.8. The smallest absolute Gasteiger partial charge is 0.253 e. The molecule has 2 aliphatic rings. The van der Waals surface area contributed by atoms with Gasteiger partial charge < -0.3 is 25.2 Å². The highest BCUT2D eigenvalue weighted by Gasteiger charge is 2.27. The molecule has 3 aromatic rings. The number of carbonyl (C=O) groups excluding carboxylic acids is 1. The average molecular weight is 515 g/mol. The fourth-order valence-corrected chi connectivity index (χ4v) is 4.86. The molecule has 0 radical (unpaired) electrons. The van der Waals surface area contributed by atoms with Crippen molar-refractivity contribution in [1.29, 1.82) is 0 Å². The quantitative estimate of drug-likeness (QED) is 0.488. The fraction of sp³-hybridized carbons (Fsp3) is 0.423. The van der Waals surface area contributed by atoms with Crippen molar-refractivity contribution in [2.24, 2.45) is 0 Å². The molecule has 2 aromatic carbocycles. The maximum Gasteiger partial charge on any atom is 0.253 e. The van der Waals surface area contributed by atoms with Crippen LogP contribution in [0.1, 0.15) is 35.3 Å². The Morgan fingerprint density at radius 3 is 2.51 bits per heavy atom. The second-order valence-electron chi connectivity index (χ2n) is 9.41. The summed E-state index contributed by atoms with van der Waals surface area (Å²) in [4.78, 5) is 26.7. The van der Waals surface area contributed by atoms with E-state index < -0.39 is 23.5 Å². The minimum Gasteiger partial charge on any atom is -0.378 e. The maximum atomic E-state index is 13.9. The molecule has 2 atom stereocenters. The van der Waals surface area contributed by atoms with Crippen molar-refractivity contribution in [2.45, 2.75) is 25.4 Å². The predicted octanol–water partition coefficient (Wildman–Crippen LogP) is 3.49. The van der Waals surface area contributed by atoms with Crippen molar-refractivity contribution in [1.82, 2.24) is 20.2 Å². The topological polar surface area (TPSA) is 82.6 Å². The lowest BCUT2D eigenvalue weighted by Crippen LogP contribution is -2.36. The number of nitrogens with one attached hydrogen (secondary N) is 2. The Morgan fingerprint density at radius 2 is 1.84 bits per heavy atom. The molecule has 0 spiro atoms. The van der Waals surface area contributed by atoms with Gasteiger partial charge in [0.1, 0.15) is 5.82 Å². The van der Waals surface area contributed by atoms with E-state index in [2.05, 4.69) is 20.5 Å². The molecule has 1 aromatic heterocycles. The van der Waals surface area contributed by atoms with E-state index >= 15 is 0 Å². The van der Waals surface area contributed by atoms with Gasteiger partial charge in [-0.15, -0.1) is 0 Å². The van der Waals surface area contributed by atoms with Gasteiger partial charge in [-0.2, -0.15) is 0 Å². The van der Waals surface area contributed by atoms with Crippen molar-refractivity contribution < 1.29 is 22.7 Å². The molecule has 37 heavy (non-hydrogen) atoms. The summed E-state index contributed by atoms with van der Waals surface area (Å²) < 4.78 is 46.6. The van der Waals surface area contributed by atoms with Crippen molar-refractivity contribution in [3.8, 4) is 0 Å². The minimum atomic E-state index is -1.53. The lowest BCUT2D eigenvalue weighted by atomic mass is 10.0. The Hall–Kier alpha value is -3.44. The number of benzene rings is 2. The van der Waals surface area contributed by atoms with Gasteiger partial charge in [0.15, 0.2) is 17.5 Å². The van der Waals surface area contributed by atoms with Crippen LogP contribution in [0.2, 0.25) is 0 Å². The molecule has 2 aliphatic heterocycles. The summed E-state index contributed by atoms with van der Waals surface area (Å²) in [7, 11) is 1.88. The number of hydrogen-bond donors (Lipinski definition) is 2. The van der Waals surface area contributed by atoms with E-state index in [1.807, 2.05) is 7.05 Å². The number of halogens is 3. The zero-order valence-corrected chi connectivity index (χ0v) is 20.7. The maximum absolute atomic E-state index is 13.9. The number of nitrogens with zero attached hydrogens (tertiary/aromatic N) is 4. The van der Waals surface area contributed by atoms with Crippen LogP contribution in [0.4, 0.5) is 24.7 Å². The molecule has 2 unspecified atom stereocenters. The Labute approximate surface area is 212 Å². The Morgan fingerprint density at radius 1 is 1.11 bits per heavy atom. The summed E-state index contributed by atoms with van der Waals surface area (Å²) in [5, 5.41) is 6.24. The summed E-state index contributed by atoms with van der Waals surface area (Å²) in [6, 6.07) is 5.00. The van der Waals surface area contributed by atoms with Crippen molar-refractivity contribution in [3.63, 3.8) is 0 Å². The second-order valence-corrected chi connectivity index (χ2v) is 9.41. The van der Waals surface area contributed by atoms with E-state index in [4.69, 9.17) is 9.72 Å². The van der Waals surface area contributed by atoms with Gasteiger partial charge in [0.05, 0.1) is 36.5 Å². The minimum absolute atomic E-state index is 0.0717. The SMILES string of the molecule is CNC1CCN(C(=O)c2cc(C(C)Nc3cc(F)c(F)c(F)c3)c3nc(N4CCOCC4)cnc3c2)C1. The number of morpholine rings is 1. The van der Waals surface area contributed by atoms with Crippen molar-refractivity contribution in [2.75, 3.05) is 56.7 Å². The van der Waals surface area contributed by atoms with Crippen molar-refractivity contribution in [3.05, 3.63) is 59.0 Å². The number of fused-ring (bicyclic) bond motifs is 1. The number of ether oxygens (including phenoxy) is 1. The molecule has 1 amide bonds. The third kappa shape index (κ3) is 5.19. The number of anilines is 2. The van der Waals surface area contributed by atoms with Gasteiger partial charge in [-0.3, -0.25) is 9.78 Å². The predicted molar refractivity (Wildman–Crippen MR) is 134 cm³/mol. The summed E-state index contributed by atoms with van der Waals surface area (Å²) >= 11 is 0. The van der Waals surface area contributed by atoms with Crippen molar-refractivity contribution >= 4 is 28.4 Å². The number of likely N-dealkylation sites (N-methyl/N-ethyl adjacent to an activating group) is 1. The fourth-order valence-electron chi connectivity index (χ4n) is 4.86. The van der Waals surface area contributed by atoms with Gasteiger partial charge >= 0.3 is 0 Å². The van der Waals surface area contributed by atoms with Gasteiger partial charge in [-0.25, -0.2) is 18.2 Å². The highest BCUT2D eigenvalue weighted by Crippen LogP contribution is 2.30. The van der Waals surface area contributed by atoms with Crippen LogP contribution in [0.15, 0.2) is 30.5 Å². The highest BCUT2D eigenvalue weighted by molar-refractivity contribution is 5.98. The lowest BCUT2D eigenvalue weighted by Gasteiger charge is -2.28. The zero-order valence-electron chi connectivity index (χ0n) is 20.7. The molecular weight excluding hydrogens is 485 g/mol. The number of aromatic nitrogens is 2. The number of hydrogen-bond acceptors (Lipinski definition) is 7. The van der Waals surface area contributed by atoms with Crippen LogP contribution >= 0.6 is 0 Å². The van der Waals surface area contributed by atoms with Crippen LogP contribution in [-0.4, -0.2) is 73.3 Å². The molecule has 2 saturated heterocycles.